The zero-order valence-corrected chi connectivity index (χ0v) is 19.4. The third-order valence-corrected chi connectivity index (χ3v) is 7.16. The highest BCUT2D eigenvalue weighted by atomic mass is 16.5. The minimum Gasteiger partial charge on any atom is -0.427 e. The first-order valence-electron chi connectivity index (χ1n) is 11.5. The van der Waals surface area contributed by atoms with E-state index in [0.29, 0.717) is 24.3 Å². The zero-order chi connectivity index (χ0) is 23.1. The van der Waals surface area contributed by atoms with Crippen LogP contribution < -0.4 is 10.1 Å². The Balaban J connectivity index is 1.62. The summed E-state index contributed by atoms with van der Waals surface area (Å²) in [5.41, 5.74) is 8.26. The second kappa shape index (κ2) is 8.52. The van der Waals surface area contributed by atoms with E-state index in [1.165, 1.54) is 22.3 Å². The maximum absolute atomic E-state index is 14.0. The maximum atomic E-state index is 14.0. The SMILES string of the molecule is Cc1c(OC=O)cc(-c2cc3c(cc2C(=O)N2Cc4ccccc4C[C@H]2C)CNCC3)n1C. The Morgan fingerprint density at radius 3 is 2.70 bits per heavy atom. The molecule has 33 heavy (non-hydrogen) atoms. The highest BCUT2D eigenvalue weighted by Crippen LogP contribution is 2.36. The molecule has 0 spiro atoms. The first kappa shape index (κ1) is 21.5. The van der Waals surface area contributed by atoms with Gasteiger partial charge in [0.2, 0.25) is 0 Å². The number of nitrogens with one attached hydrogen (secondary N) is 1. The van der Waals surface area contributed by atoms with Crippen LogP contribution in [0.25, 0.3) is 11.3 Å². The predicted octanol–water partition coefficient (Wildman–Crippen LogP) is 3.77. The lowest BCUT2D eigenvalue weighted by Crippen LogP contribution is -2.43. The Labute approximate surface area is 194 Å². The van der Waals surface area contributed by atoms with Crippen LogP contribution >= 0.6 is 0 Å². The Morgan fingerprint density at radius 2 is 1.91 bits per heavy atom. The summed E-state index contributed by atoms with van der Waals surface area (Å²) < 4.78 is 7.19. The average Bonchev–Trinajstić information content (AvgIpc) is 3.11. The van der Waals surface area contributed by atoms with Crippen molar-refractivity contribution in [2.75, 3.05) is 6.54 Å². The van der Waals surface area contributed by atoms with Crippen LogP contribution in [0.1, 0.15) is 45.2 Å². The topological polar surface area (TPSA) is 63.6 Å². The molecule has 3 heterocycles. The van der Waals surface area contributed by atoms with Gasteiger partial charge in [0.15, 0.2) is 5.75 Å². The van der Waals surface area contributed by atoms with Crippen LogP contribution in [-0.2, 0) is 37.8 Å². The van der Waals surface area contributed by atoms with E-state index in [9.17, 15) is 9.59 Å². The normalized spacial score (nSPS) is 17.3. The summed E-state index contributed by atoms with van der Waals surface area (Å²) in [6.45, 7) is 6.78. The van der Waals surface area contributed by atoms with E-state index in [4.69, 9.17) is 4.74 Å². The van der Waals surface area contributed by atoms with Crippen LogP contribution in [0.5, 0.6) is 5.75 Å². The van der Waals surface area contributed by atoms with Crippen LogP contribution in [0.3, 0.4) is 0 Å². The van der Waals surface area contributed by atoms with Gasteiger partial charge in [0.05, 0.1) is 11.4 Å². The van der Waals surface area contributed by atoms with Gasteiger partial charge < -0.3 is 19.5 Å². The number of carbonyl (C=O) groups excluding carboxylic acids is 2. The summed E-state index contributed by atoms with van der Waals surface area (Å²) in [5.74, 6) is 0.553. The van der Waals surface area contributed by atoms with Gasteiger partial charge in [-0.1, -0.05) is 24.3 Å². The molecule has 3 aromatic rings. The molecule has 0 fully saturated rings. The molecule has 1 N–H and O–H groups in total. The van der Waals surface area contributed by atoms with Crippen molar-refractivity contribution >= 4 is 12.4 Å². The number of ether oxygens (including phenoxy) is 1. The first-order valence-corrected chi connectivity index (χ1v) is 11.5. The van der Waals surface area contributed by atoms with Gasteiger partial charge in [0.25, 0.3) is 12.4 Å². The summed E-state index contributed by atoms with van der Waals surface area (Å²) in [7, 11) is 1.94. The quantitative estimate of drug-likeness (QED) is 0.624. The summed E-state index contributed by atoms with van der Waals surface area (Å²) in [6, 6.07) is 14.6. The number of amides is 1. The molecule has 6 heteroatoms. The lowest BCUT2D eigenvalue weighted by atomic mass is 9.90. The smallest absolute Gasteiger partial charge is 0.298 e. The largest absolute Gasteiger partial charge is 0.427 e. The van der Waals surface area contributed by atoms with Crippen LogP contribution in [-0.4, -0.2) is 34.4 Å². The van der Waals surface area contributed by atoms with E-state index in [1.807, 2.05) is 35.6 Å². The molecule has 2 aromatic carbocycles. The van der Waals surface area contributed by atoms with E-state index in [-0.39, 0.29) is 11.9 Å². The minimum absolute atomic E-state index is 0.0390. The number of hydrogen-bond acceptors (Lipinski definition) is 4. The number of aromatic nitrogens is 1. The lowest BCUT2D eigenvalue weighted by Gasteiger charge is -2.35. The fourth-order valence-corrected chi connectivity index (χ4v) is 5.13. The van der Waals surface area contributed by atoms with Crippen LogP contribution in [0.2, 0.25) is 0 Å². The van der Waals surface area contributed by atoms with Gasteiger partial charge in [-0.05, 0) is 67.6 Å². The fraction of sp³-hybridized carbons (Fsp3) is 0.333. The van der Waals surface area contributed by atoms with Gasteiger partial charge >= 0.3 is 0 Å². The molecule has 0 saturated heterocycles. The molecule has 0 bridgehead atoms. The van der Waals surface area contributed by atoms with Crippen molar-refractivity contribution in [2.24, 2.45) is 7.05 Å². The molecular weight excluding hydrogens is 414 g/mol. The highest BCUT2D eigenvalue weighted by Gasteiger charge is 2.30. The third kappa shape index (κ3) is 3.74. The Morgan fingerprint density at radius 1 is 1.12 bits per heavy atom. The van der Waals surface area contributed by atoms with E-state index in [1.54, 1.807) is 0 Å². The number of rotatable bonds is 4. The zero-order valence-electron chi connectivity index (χ0n) is 19.4. The number of hydrogen-bond donors (Lipinski definition) is 1. The van der Waals surface area contributed by atoms with Crippen molar-refractivity contribution in [3.63, 3.8) is 0 Å². The van der Waals surface area contributed by atoms with Crippen LogP contribution in [0.4, 0.5) is 0 Å². The second-order valence-electron chi connectivity index (χ2n) is 9.10. The van der Waals surface area contributed by atoms with Gasteiger partial charge in [0, 0.05) is 43.4 Å². The fourth-order valence-electron chi connectivity index (χ4n) is 5.13. The van der Waals surface area contributed by atoms with Gasteiger partial charge in [-0.3, -0.25) is 9.59 Å². The van der Waals surface area contributed by atoms with E-state index in [0.717, 1.165) is 42.9 Å². The molecule has 170 valence electrons. The van der Waals surface area contributed by atoms with Gasteiger partial charge in [-0.15, -0.1) is 0 Å². The average molecular weight is 444 g/mol. The molecule has 1 aromatic heterocycles. The van der Waals surface area contributed by atoms with Crippen molar-refractivity contribution < 1.29 is 14.3 Å². The molecule has 1 atom stereocenters. The van der Waals surface area contributed by atoms with Gasteiger partial charge in [-0.25, -0.2) is 0 Å². The molecule has 0 radical (unpaired) electrons. The van der Waals surface area contributed by atoms with Gasteiger partial charge in [0.1, 0.15) is 0 Å². The minimum atomic E-state index is 0.0390. The highest BCUT2D eigenvalue weighted by molar-refractivity contribution is 6.01. The maximum Gasteiger partial charge on any atom is 0.298 e. The van der Waals surface area contributed by atoms with E-state index >= 15 is 0 Å². The molecule has 0 unspecified atom stereocenters. The molecular formula is C27H29N3O3. The lowest BCUT2D eigenvalue weighted by molar-refractivity contribution is -0.120. The van der Waals surface area contributed by atoms with Crippen molar-refractivity contribution in [1.82, 2.24) is 14.8 Å². The number of benzene rings is 2. The monoisotopic (exact) mass is 443 g/mol. The van der Waals surface area contributed by atoms with Gasteiger partial charge in [-0.2, -0.15) is 0 Å². The predicted molar refractivity (Wildman–Crippen MR) is 127 cm³/mol. The number of nitrogens with zero attached hydrogens (tertiary/aromatic N) is 2. The summed E-state index contributed by atoms with van der Waals surface area (Å²) in [5, 5.41) is 3.42. The summed E-state index contributed by atoms with van der Waals surface area (Å²) in [6.07, 6.45) is 1.77. The Hall–Kier alpha value is -3.38. The summed E-state index contributed by atoms with van der Waals surface area (Å²) >= 11 is 0. The molecule has 1 amide bonds. The first-order chi connectivity index (χ1) is 16.0. The van der Waals surface area contributed by atoms with Crippen molar-refractivity contribution in [2.45, 2.75) is 45.8 Å². The van der Waals surface area contributed by atoms with Crippen molar-refractivity contribution in [3.8, 4) is 17.0 Å². The Kier molecular flexibility index (Phi) is 5.54. The van der Waals surface area contributed by atoms with E-state index in [2.05, 4.69) is 42.6 Å². The van der Waals surface area contributed by atoms with Crippen LogP contribution in [0.15, 0.2) is 42.5 Å². The number of carbonyl (C=O) groups is 2. The molecule has 0 aliphatic carbocycles. The Bertz CT molecular complexity index is 1240. The van der Waals surface area contributed by atoms with Crippen molar-refractivity contribution in [1.29, 1.82) is 0 Å². The third-order valence-electron chi connectivity index (χ3n) is 7.16. The molecule has 2 aliphatic heterocycles. The standard InChI is InChI=1S/C27H29N3O3/c1-17-10-19-6-4-5-7-21(19)15-30(17)27(32)24-12-22-14-28-9-8-20(22)11-23(24)25-13-26(33-16-31)18(2)29(25)3/h4-7,11-13,16-17,28H,8-10,14-15H2,1-3H3/t17-/m1/s1. The second-order valence-corrected chi connectivity index (χ2v) is 9.10. The summed E-state index contributed by atoms with van der Waals surface area (Å²) in [4.78, 5) is 27.0. The number of fused-ring (bicyclic) bond motifs is 2. The molecule has 5 rings (SSSR count). The van der Waals surface area contributed by atoms with E-state index < -0.39 is 0 Å². The molecule has 6 nitrogen and oxygen atoms in total. The van der Waals surface area contributed by atoms with Crippen LogP contribution in [0, 0.1) is 6.92 Å². The van der Waals surface area contributed by atoms with Crippen molar-refractivity contribution in [3.05, 3.63) is 76.0 Å². The molecule has 2 aliphatic rings. The molecule has 0 saturated carbocycles.